The van der Waals surface area contributed by atoms with E-state index in [1.807, 2.05) is 60.7 Å². The molecule has 3 aromatic rings. The van der Waals surface area contributed by atoms with Gasteiger partial charge in [-0.2, -0.15) is 0 Å². The van der Waals surface area contributed by atoms with Gasteiger partial charge >= 0.3 is 6.03 Å². The third-order valence-corrected chi connectivity index (χ3v) is 4.27. The van der Waals surface area contributed by atoms with Crippen LogP contribution in [0.3, 0.4) is 0 Å². The Morgan fingerprint density at radius 1 is 1.00 bits per heavy atom. The summed E-state index contributed by atoms with van der Waals surface area (Å²) >= 11 is 0. The van der Waals surface area contributed by atoms with Crippen LogP contribution in [-0.4, -0.2) is 18.1 Å². The average Bonchev–Trinajstić information content (AvgIpc) is 2.73. The summed E-state index contributed by atoms with van der Waals surface area (Å²) in [6, 6.07) is 23.5. The number of nitrogens with one attached hydrogen (secondary N) is 2. The van der Waals surface area contributed by atoms with Gasteiger partial charge in [-0.05, 0) is 23.6 Å². The summed E-state index contributed by atoms with van der Waals surface area (Å²) in [5.74, 6) is 0.515. The number of carbonyl (C=O) groups is 1. The van der Waals surface area contributed by atoms with Gasteiger partial charge in [0.25, 0.3) is 0 Å². The standard InChI is InChI=1S/C22H23N3O2/c1-27-21-19(13-8-14-23-21)16-24-22(26)25-20(18-11-6-3-7-12-18)15-17-9-4-2-5-10-17/h2-14,20H,15-16H2,1H3,(H2,24,25,26)/t20-/m0/s1. The molecular formula is C22H23N3O2. The molecule has 5 nitrogen and oxygen atoms in total. The van der Waals surface area contributed by atoms with E-state index in [-0.39, 0.29) is 12.1 Å². The Kier molecular flexibility index (Phi) is 6.41. The van der Waals surface area contributed by atoms with Crippen LogP contribution in [0.5, 0.6) is 5.88 Å². The molecule has 2 amide bonds. The monoisotopic (exact) mass is 361 g/mol. The number of hydrogen-bond acceptors (Lipinski definition) is 3. The van der Waals surface area contributed by atoms with Crippen molar-refractivity contribution in [1.82, 2.24) is 15.6 Å². The molecule has 1 heterocycles. The van der Waals surface area contributed by atoms with Crippen LogP contribution in [0.4, 0.5) is 4.79 Å². The lowest BCUT2D eigenvalue weighted by atomic mass is 9.99. The van der Waals surface area contributed by atoms with Gasteiger partial charge in [0.2, 0.25) is 5.88 Å². The van der Waals surface area contributed by atoms with Crippen LogP contribution in [0.25, 0.3) is 0 Å². The van der Waals surface area contributed by atoms with Gasteiger partial charge < -0.3 is 15.4 Å². The molecule has 2 aromatic carbocycles. The highest BCUT2D eigenvalue weighted by Gasteiger charge is 2.15. The van der Waals surface area contributed by atoms with Gasteiger partial charge in [-0.25, -0.2) is 9.78 Å². The second-order valence-electron chi connectivity index (χ2n) is 6.15. The second kappa shape index (κ2) is 9.38. The largest absolute Gasteiger partial charge is 0.481 e. The molecule has 0 aliphatic carbocycles. The van der Waals surface area contributed by atoms with Crippen LogP contribution in [0.1, 0.15) is 22.7 Å². The molecule has 138 valence electrons. The number of hydrogen-bond donors (Lipinski definition) is 2. The van der Waals surface area contributed by atoms with Gasteiger partial charge in [0, 0.05) is 18.3 Å². The van der Waals surface area contributed by atoms with Crippen molar-refractivity contribution < 1.29 is 9.53 Å². The first-order valence-corrected chi connectivity index (χ1v) is 8.87. The molecule has 1 aromatic heterocycles. The highest BCUT2D eigenvalue weighted by Crippen LogP contribution is 2.18. The lowest BCUT2D eigenvalue weighted by molar-refractivity contribution is 0.236. The van der Waals surface area contributed by atoms with Crippen molar-refractivity contribution in [3.05, 3.63) is 95.7 Å². The molecule has 1 atom stereocenters. The zero-order valence-corrected chi connectivity index (χ0v) is 15.3. The number of benzene rings is 2. The van der Waals surface area contributed by atoms with Gasteiger partial charge in [-0.1, -0.05) is 66.7 Å². The molecule has 0 spiro atoms. The molecular weight excluding hydrogens is 338 g/mol. The fourth-order valence-electron chi connectivity index (χ4n) is 2.91. The maximum absolute atomic E-state index is 12.5. The number of ether oxygens (including phenoxy) is 1. The summed E-state index contributed by atoms with van der Waals surface area (Å²) in [6.07, 6.45) is 2.38. The van der Waals surface area contributed by atoms with E-state index in [4.69, 9.17) is 4.74 Å². The summed E-state index contributed by atoms with van der Waals surface area (Å²) in [7, 11) is 1.57. The Hall–Kier alpha value is -3.34. The first-order valence-electron chi connectivity index (χ1n) is 8.87. The Morgan fingerprint density at radius 2 is 1.70 bits per heavy atom. The molecule has 0 bridgehead atoms. The molecule has 27 heavy (non-hydrogen) atoms. The minimum absolute atomic E-state index is 0.121. The zero-order valence-electron chi connectivity index (χ0n) is 15.3. The van der Waals surface area contributed by atoms with Gasteiger partial charge in [0.1, 0.15) is 0 Å². The van der Waals surface area contributed by atoms with Crippen molar-refractivity contribution in [2.75, 3.05) is 7.11 Å². The lowest BCUT2D eigenvalue weighted by Crippen LogP contribution is -2.38. The number of methoxy groups -OCH3 is 1. The zero-order chi connectivity index (χ0) is 18.9. The SMILES string of the molecule is COc1ncccc1CNC(=O)N[C@@H](Cc1ccccc1)c1ccccc1. The Balaban J connectivity index is 1.67. The quantitative estimate of drug-likeness (QED) is 0.671. The number of aromatic nitrogens is 1. The first-order chi connectivity index (χ1) is 13.3. The van der Waals surface area contributed by atoms with Gasteiger partial charge in [0.15, 0.2) is 0 Å². The molecule has 0 aliphatic heterocycles. The number of pyridine rings is 1. The normalized spacial score (nSPS) is 11.4. The van der Waals surface area contributed by atoms with E-state index in [0.717, 1.165) is 11.1 Å². The lowest BCUT2D eigenvalue weighted by Gasteiger charge is -2.20. The van der Waals surface area contributed by atoms with Crippen molar-refractivity contribution >= 4 is 6.03 Å². The molecule has 0 saturated carbocycles. The molecule has 0 radical (unpaired) electrons. The Bertz CT molecular complexity index is 854. The minimum atomic E-state index is -0.231. The average molecular weight is 361 g/mol. The Morgan fingerprint density at radius 3 is 2.41 bits per heavy atom. The van der Waals surface area contributed by atoms with Gasteiger partial charge in [-0.3, -0.25) is 0 Å². The van der Waals surface area contributed by atoms with Crippen molar-refractivity contribution in [2.45, 2.75) is 19.0 Å². The highest BCUT2D eigenvalue weighted by molar-refractivity contribution is 5.74. The van der Waals surface area contributed by atoms with Crippen molar-refractivity contribution in [3.63, 3.8) is 0 Å². The van der Waals surface area contributed by atoms with Gasteiger partial charge in [0.05, 0.1) is 13.2 Å². The molecule has 5 heteroatoms. The minimum Gasteiger partial charge on any atom is -0.481 e. The first kappa shape index (κ1) is 18.5. The van der Waals surface area contributed by atoms with Crippen LogP contribution >= 0.6 is 0 Å². The van der Waals surface area contributed by atoms with E-state index in [0.29, 0.717) is 18.8 Å². The number of carbonyl (C=O) groups excluding carboxylic acids is 1. The van der Waals surface area contributed by atoms with Crippen LogP contribution in [0.2, 0.25) is 0 Å². The summed E-state index contributed by atoms with van der Waals surface area (Å²) in [5.41, 5.74) is 3.06. The third-order valence-electron chi connectivity index (χ3n) is 4.27. The molecule has 0 aliphatic rings. The predicted octanol–water partition coefficient (Wildman–Crippen LogP) is 3.87. The van der Waals surface area contributed by atoms with Gasteiger partial charge in [-0.15, -0.1) is 0 Å². The highest BCUT2D eigenvalue weighted by atomic mass is 16.5. The number of rotatable bonds is 7. The molecule has 2 N–H and O–H groups in total. The van der Waals surface area contributed by atoms with Crippen LogP contribution in [0.15, 0.2) is 79.0 Å². The molecule has 3 rings (SSSR count). The molecule has 0 saturated heterocycles. The molecule has 0 fully saturated rings. The predicted molar refractivity (Wildman–Crippen MR) is 105 cm³/mol. The van der Waals surface area contributed by atoms with Crippen molar-refractivity contribution in [1.29, 1.82) is 0 Å². The van der Waals surface area contributed by atoms with E-state index < -0.39 is 0 Å². The van der Waals surface area contributed by atoms with Crippen LogP contribution < -0.4 is 15.4 Å². The van der Waals surface area contributed by atoms with Crippen LogP contribution in [0, 0.1) is 0 Å². The summed E-state index contributed by atoms with van der Waals surface area (Å²) < 4.78 is 5.22. The molecule has 0 unspecified atom stereocenters. The maximum atomic E-state index is 12.5. The van der Waals surface area contributed by atoms with E-state index in [1.165, 1.54) is 5.56 Å². The smallest absolute Gasteiger partial charge is 0.315 e. The third kappa shape index (κ3) is 5.31. The second-order valence-corrected chi connectivity index (χ2v) is 6.15. The maximum Gasteiger partial charge on any atom is 0.315 e. The summed E-state index contributed by atoms with van der Waals surface area (Å²) in [5, 5.41) is 5.97. The van der Waals surface area contributed by atoms with E-state index >= 15 is 0 Å². The summed E-state index contributed by atoms with van der Waals surface area (Å²) in [4.78, 5) is 16.7. The van der Waals surface area contributed by atoms with Crippen molar-refractivity contribution in [3.8, 4) is 5.88 Å². The Labute approximate surface area is 159 Å². The summed E-state index contributed by atoms with van der Waals surface area (Å²) in [6.45, 7) is 0.343. The number of amides is 2. The van der Waals surface area contributed by atoms with Crippen LogP contribution in [-0.2, 0) is 13.0 Å². The van der Waals surface area contributed by atoms with E-state index in [2.05, 4.69) is 27.8 Å². The van der Waals surface area contributed by atoms with Crippen molar-refractivity contribution in [2.24, 2.45) is 0 Å². The van der Waals surface area contributed by atoms with E-state index in [1.54, 1.807) is 13.3 Å². The van der Waals surface area contributed by atoms with E-state index in [9.17, 15) is 4.79 Å². The number of nitrogens with zero attached hydrogens (tertiary/aromatic N) is 1. The fraction of sp³-hybridized carbons (Fsp3) is 0.182. The fourth-order valence-corrected chi connectivity index (χ4v) is 2.91. The number of urea groups is 1. The topological polar surface area (TPSA) is 63.2 Å².